The van der Waals surface area contributed by atoms with Crippen molar-refractivity contribution in [2.45, 2.75) is 13.8 Å². The Hall–Kier alpha value is -4.44. The number of ether oxygens (including phenoxy) is 2. The number of aryl methyl sites for hydroxylation is 2. The van der Waals surface area contributed by atoms with Crippen LogP contribution in [0.3, 0.4) is 0 Å². The third-order valence-electron chi connectivity index (χ3n) is 7.70. The number of hydrogen-bond acceptors (Lipinski definition) is 5. The summed E-state index contributed by atoms with van der Waals surface area (Å²) in [6, 6.07) is 14.3. The molecule has 4 aromatic rings. The zero-order valence-electron chi connectivity index (χ0n) is 24.2. The largest absolute Gasteiger partial charge is 0.497 e. The van der Waals surface area contributed by atoms with Crippen molar-refractivity contribution in [1.29, 1.82) is 0 Å². The van der Waals surface area contributed by atoms with Crippen molar-refractivity contribution >= 4 is 22.6 Å². The lowest BCUT2D eigenvalue weighted by atomic mass is 10.00. The Bertz CT molecular complexity index is 1680. The first-order chi connectivity index (χ1) is 20.2. The van der Waals surface area contributed by atoms with Gasteiger partial charge in [-0.2, -0.15) is 0 Å². The summed E-state index contributed by atoms with van der Waals surface area (Å²) >= 11 is 0. The first-order valence-corrected chi connectivity index (χ1v) is 13.8. The average Bonchev–Trinajstić information content (AvgIpc) is 2.98. The second kappa shape index (κ2) is 12.2. The van der Waals surface area contributed by atoms with Crippen LogP contribution in [0, 0.1) is 25.5 Å². The molecule has 0 unspecified atom stereocenters. The van der Waals surface area contributed by atoms with E-state index < -0.39 is 11.6 Å². The normalized spacial score (nSPS) is 13.5. The number of amides is 2. The summed E-state index contributed by atoms with van der Waals surface area (Å²) in [7, 11) is 3.01. The molecule has 0 atom stereocenters. The molecule has 0 bridgehead atoms. The number of rotatable bonds is 7. The summed E-state index contributed by atoms with van der Waals surface area (Å²) in [6.07, 6.45) is 0. The minimum atomic E-state index is -0.635. The summed E-state index contributed by atoms with van der Waals surface area (Å²) in [5.74, 6) is -0.931. The highest BCUT2D eigenvalue weighted by molar-refractivity contribution is 5.96. The smallest absolute Gasteiger partial charge is 0.317 e. The van der Waals surface area contributed by atoms with E-state index in [-0.39, 0.29) is 22.7 Å². The SMILES string of the molecule is COCCNC(=O)N1CCN(c2cc(=O)n(-c3c(C)cccc3C)c3cc(-c4ccc(OC)cc4F)c(F)cc23)CC1. The molecule has 0 radical (unpaired) electrons. The molecule has 2 heterocycles. The van der Waals surface area contributed by atoms with E-state index in [9.17, 15) is 9.59 Å². The molecule has 42 heavy (non-hydrogen) atoms. The molecule has 1 fully saturated rings. The number of aromatic nitrogens is 1. The van der Waals surface area contributed by atoms with Gasteiger partial charge in [-0.3, -0.25) is 9.36 Å². The van der Waals surface area contributed by atoms with Crippen molar-refractivity contribution in [2.24, 2.45) is 0 Å². The average molecular weight is 577 g/mol. The van der Waals surface area contributed by atoms with Gasteiger partial charge >= 0.3 is 6.03 Å². The number of carbonyl (C=O) groups excluding carboxylic acids is 1. The minimum Gasteiger partial charge on any atom is -0.497 e. The summed E-state index contributed by atoms with van der Waals surface area (Å²) < 4.78 is 42.7. The summed E-state index contributed by atoms with van der Waals surface area (Å²) in [4.78, 5) is 30.1. The molecule has 1 aromatic heterocycles. The first-order valence-electron chi connectivity index (χ1n) is 13.8. The second-order valence-corrected chi connectivity index (χ2v) is 10.3. The van der Waals surface area contributed by atoms with E-state index in [1.807, 2.05) is 36.9 Å². The van der Waals surface area contributed by atoms with Crippen LogP contribution in [0.5, 0.6) is 5.75 Å². The van der Waals surface area contributed by atoms with Gasteiger partial charge in [-0.1, -0.05) is 18.2 Å². The van der Waals surface area contributed by atoms with Crippen molar-refractivity contribution in [3.63, 3.8) is 0 Å². The van der Waals surface area contributed by atoms with Crippen LogP contribution in [0.1, 0.15) is 11.1 Å². The Labute approximate surface area is 243 Å². The molecule has 1 saturated heterocycles. The number of nitrogens with zero attached hydrogens (tertiary/aromatic N) is 3. The highest BCUT2D eigenvalue weighted by atomic mass is 19.1. The van der Waals surface area contributed by atoms with E-state index in [1.54, 1.807) is 28.7 Å². The highest BCUT2D eigenvalue weighted by Gasteiger charge is 2.25. The topological polar surface area (TPSA) is 76.0 Å². The molecular weight excluding hydrogens is 542 g/mol. The van der Waals surface area contributed by atoms with Gasteiger partial charge in [-0.25, -0.2) is 13.6 Å². The van der Waals surface area contributed by atoms with Gasteiger partial charge in [-0.05, 0) is 49.2 Å². The van der Waals surface area contributed by atoms with E-state index in [0.29, 0.717) is 67.4 Å². The third-order valence-corrected chi connectivity index (χ3v) is 7.70. The fraction of sp³-hybridized carbons (Fsp3) is 0.312. The van der Waals surface area contributed by atoms with Gasteiger partial charge in [0.1, 0.15) is 17.4 Å². The standard InChI is InChI=1S/C32H34F2N4O4/c1-20-6-5-7-21(2)31(20)38-29-18-24(23-9-8-22(42-4)16-26(23)33)27(34)17-25(29)28(19-30(38)39)36-11-13-37(14-12-36)32(40)35-10-15-41-3/h5-9,16-19H,10-15H2,1-4H3,(H,35,40). The molecule has 5 rings (SSSR count). The maximum Gasteiger partial charge on any atom is 0.317 e. The van der Waals surface area contributed by atoms with Crippen LogP contribution in [0.4, 0.5) is 19.3 Å². The number of pyridine rings is 1. The highest BCUT2D eigenvalue weighted by Crippen LogP contribution is 2.36. The molecule has 10 heteroatoms. The summed E-state index contributed by atoms with van der Waals surface area (Å²) in [6.45, 7) is 6.43. The maximum absolute atomic E-state index is 15.8. The Kier molecular flexibility index (Phi) is 8.44. The Balaban J connectivity index is 1.63. The molecule has 0 saturated carbocycles. The minimum absolute atomic E-state index is 0.0386. The van der Waals surface area contributed by atoms with Gasteiger partial charge in [0.25, 0.3) is 5.56 Å². The number of methoxy groups -OCH3 is 2. The number of halogens is 2. The van der Waals surface area contributed by atoms with Crippen LogP contribution < -0.4 is 20.5 Å². The molecule has 0 aliphatic carbocycles. The zero-order chi connectivity index (χ0) is 30.0. The molecule has 2 amide bonds. The van der Waals surface area contributed by atoms with Crippen LogP contribution in [-0.4, -0.2) is 69.0 Å². The summed E-state index contributed by atoms with van der Waals surface area (Å²) in [5.41, 5.74) is 3.29. The maximum atomic E-state index is 15.8. The van der Waals surface area contributed by atoms with Gasteiger partial charge in [0.15, 0.2) is 0 Å². The van der Waals surface area contributed by atoms with Crippen molar-refractivity contribution in [1.82, 2.24) is 14.8 Å². The lowest BCUT2D eigenvalue weighted by Crippen LogP contribution is -2.52. The molecular formula is C32H34F2N4O4. The van der Waals surface area contributed by atoms with Crippen LogP contribution >= 0.6 is 0 Å². The molecule has 1 aliphatic rings. The number of hydrogen-bond donors (Lipinski definition) is 1. The Morgan fingerprint density at radius 3 is 2.24 bits per heavy atom. The molecule has 220 valence electrons. The molecule has 8 nitrogen and oxygen atoms in total. The number of fused-ring (bicyclic) bond motifs is 1. The van der Waals surface area contributed by atoms with Gasteiger partial charge in [-0.15, -0.1) is 0 Å². The van der Waals surface area contributed by atoms with E-state index in [0.717, 1.165) is 11.1 Å². The van der Waals surface area contributed by atoms with E-state index >= 15 is 8.78 Å². The molecule has 1 N–H and O–H groups in total. The predicted octanol–water partition coefficient (Wildman–Crippen LogP) is 5.04. The number of nitrogens with one attached hydrogen (secondary N) is 1. The monoisotopic (exact) mass is 576 g/mol. The Morgan fingerprint density at radius 2 is 1.60 bits per heavy atom. The van der Waals surface area contributed by atoms with Gasteiger partial charge in [0.2, 0.25) is 0 Å². The number of urea groups is 1. The fourth-order valence-corrected chi connectivity index (χ4v) is 5.55. The lowest BCUT2D eigenvalue weighted by molar-refractivity contribution is 0.177. The van der Waals surface area contributed by atoms with Crippen LogP contribution in [0.25, 0.3) is 27.7 Å². The molecule has 3 aromatic carbocycles. The van der Waals surface area contributed by atoms with E-state index in [2.05, 4.69) is 5.32 Å². The van der Waals surface area contributed by atoms with Crippen LogP contribution in [0.15, 0.2) is 59.4 Å². The lowest BCUT2D eigenvalue weighted by Gasteiger charge is -2.36. The second-order valence-electron chi connectivity index (χ2n) is 10.3. The van der Waals surface area contributed by atoms with E-state index in [1.165, 1.54) is 31.4 Å². The quantitative estimate of drug-likeness (QED) is 0.312. The Morgan fingerprint density at radius 1 is 0.905 bits per heavy atom. The van der Waals surface area contributed by atoms with Crippen molar-refractivity contribution in [2.75, 3.05) is 58.5 Å². The third kappa shape index (κ3) is 5.54. The predicted molar refractivity (Wildman–Crippen MR) is 160 cm³/mol. The first kappa shape index (κ1) is 29.1. The number of carbonyl (C=O) groups is 1. The number of para-hydroxylation sites is 1. The van der Waals surface area contributed by atoms with Crippen molar-refractivity contribution in [3.8, 4) is 22.6 Å². The van der Waals surface area contributed by atoms with Crippen LogP contribution in [-0.2, 0) is 4.74 Å². The van der Waals surface area contributed by atoms with Crippen molar-refractivity contribution in [3.05, 3.63) is 87.7 Å². The fourth-order valence-electron chi connectivity index (χ4n) is 5.55. The zero-order valence-corrected chi connectivity index (χ0v) is 24.2. The van der Waals surface area contributed by atoms with Crippen molar-refractivity contribution < 1.29 is 23.0 Å². The number of piperazine rings is 1. The summed E-state index contributed by atoms with van der Waals surface area (Å²) in [5, 5.41) is 3.34. The molecule has 0 spiro atoms. The van der Waals surface area contributed by atoms with Gasteiger partial charge < -0.3 is 24.6 Å². The van der Waals surface area contributed by atoms with E-state index in [4.69, 9.17) is 9.47 Å². The molecule has 1 aliphatic heterocycles. The van der Waals surface area contributed by atoms with Gasteiger partial charge in [0, 0.05) is 68.5 Å². The van der Waals surface area contributed by atoms with Crippen LogP contribution in [0.2, 0.25) is 0 Å². The number of benzene rings is 3. The number of anilines is 1. The van der Waals surface area contributed by atoms with Gasteiger partial charge in [0.05, 0.1) is 30.6 Å².